The van der Waals surface area contributed by atoms with Crippen molar-refractivity contribution in [3.63, 3.8) is 0 Å². The van der Waals surface area contributed by atoms with Gasteiger partial charge in [-0.05, 0) is 97.4 Å². The largest absolute Gasteiger partial charge is 0.481 e. The Hall–Kier alpha value is -0.870. The van der Waals surface area contributed by atoms with E-state index in [1.54, 1.807) is 0 Å². The highest BCUT2D eigenvalue weighted by Crippen LogP contribution is 2.67. The second kappa shape index (κ2) is 7.12. The Morgan fingerprint density at radius 3 is 2.61 bits per heavy atom. The number of carbonyl (C=O) groups is 1. The predicted molar refractivity (Wildman–Crippen MR) is 109 cm³/mol. The van der Waals surface area contributed by atoms with E-state index < -0.39 is 18.2 Å². The summed E-state index contributed by atoms with van der Waals surface area (Å²) in [5.74, 6) is 2.18. The molecule has 0 heterocycles. The number of hydrogen-bond acceptors (Lipinski definition) is 3. The van der Waals surface area contributed by atoms with Crippen LogP contribution in [-0.2, 0) is 4.79 Å². The Morgan fingerprint density at radius 1 is 1.14 bits per heavy atom. The van der Waals surface area contributed by atoms with Crippen LogP contribution in [0.5, 0.6) is 0 Å². The first kappa shape index (κ1) is 20.4. The third-order valence-electron chi connectivity index (χ3n) is 9.67. The molecule has 0 bridgehead atoms. The normalized spacial score (nSPS) is 48.8. The lowest BCUT2D eigenvalue weighted by Crippen LogP contribution is -2.54. The van der Waals surface area contributed by atoms with Gasteiger partial charge in [-0.2, -0.15) is 0 Å². The first-order valence-corrected chi connectivity index (χ1v) is 11.5. The Morgan fingerprint density at radius 2 is 1.89 bits per heavy atom. The summed E-state index contributed by atoms with van der Waals surface area (Å²) in [6.07, 6.45) is 9.72. The van der Waals surface area contributed by atoms with E-state index in [0.717, 1.165) is 31.3 Å². The third-order valence-corrected chi connectivity index (χ3v) is 9.67. The van der Waals surface area contributed by atoms with Gasteiger partial charge in [0.2, 0.25) is 0 Å². The first-order chi connectivity index (χ1) is 13.2. The van der Waals surface area contributed by atoms with E-state index in [9.17, 15) is 15.0 Å². The lowest BCUT2D eigenvalue weighted by Gasteiger charge is -2.60. The zero-order chi connectivity index (χ0) is 20.3. The molecule has 158 valence electrons. The maximum atomic E-state index is 11.0. The highest BCUT2D eigenvalue weighted by Gasteiger charge is 2.60. The van der Waals surface area contributed by atoms with Crippen molar-refractivity contribution in [1.29, 1.82) is 0 Å². The number of aliphatic carboxylic acids is 1. The van der Waals surface area contributed by atoms with Crippen molar-refractivity contribution in [2.24, 2.45) is 40.4 Å². The topological polar surface area (TPSA) is 77.8 Å². The first-order valence-electron chi connectivity index (χ1n) is 11.5. The van der Waals surface area contributed by atoms with Gasteiger partial charge < -0.3 is 15.3 Å². The van der Waals surface area contributed by atoms with Gasteiger partial charge in [-0.3, -0.25) is 4.79 Å². The van der Waals surface area contributed by atoms with E-state index in [4.69, 9.17) is 5.11 Å². The summed E-state index contributed by atoms with van der Waals surface area (Å²) in [5.41, 5.74) is 1.43. The molecule has 0 unspecified atom stereocenters. The van der Waals surface area contributed by atoms with Gasteiger partial charge in [0.1, 0.15) is 0 Å². The monoisotopic (exact) mass is 390 g/mol. The Labute approximate surface area is 169 Å². The number of hydrogen-bond donors (Lipinski definition) is 3. The third kappa shape index (κ3) is 3.06. The zero-order valence-electron chi connectivity index (χ0n) is 17.7. The molecule has 0 radical (unpaired) electrons. The summed E-state index contributed by atoms with van der Waals surface area (Å²) in [6.45, 7) is 7.07. The average Bonchev–Trinajstić information content (AvgIpc) is 2.99. The van der Waals surface area contributed by atoms with Crippen LogP contribution in [0.3, 0.4) is 0 Å². The molecule has 3 N–H and O–H groups in total. The highest BCUT2D eigenvalue weighted by molar-refractivity contribution is 5.66. The summed E-state index contributed by atoms with van der Waals surface area (Å²) in [7, 11) is 0. The highest BCUT2D eigenvalue weighted by atomic mass is 16.4. The molecule has 4 nitrogen and oxygen atoms in total. The number of carboxylic acid groups (broad SMARTS) is 1. The predicted octanol–water partition coefficient (Wildman–Crippen LogP) is 4.40. The molecular formula is C24H38O4. The fraction of sp³-hybridized carbons (Fsp3) is 0.875. The van der Waals surface area contributed by atoms with Crippen molar-refractivity contribution in [3.05, 3.63) is 11.6 Å². The molecule has 0 spiro atoms. The standard InChI is InChI=1S/C24H38O4/c1-14(4-7-22(27)28)17-5-6-18-16-13-21(26)20-12-15(25)8-10-24(20,3)19(16)9-11-23(17,18)2/h12,14-19,21,25-26H,4-11,13H2,1-3H3,(H,27,28)/t14-,15-,16+,17+,18-,19+,21+,23+,24-/m1/s1. The minimum Gasteiger partial charge on any atom is -0.481 e. The van der Waals surface area contributed by atoms with Gasteiger partial charge >= 0.3 is 5.97 Å². The second-order valence-electron chi connectivity index (χ2n) is 10.9. The van der Waals surface area contributed by atoms with Crippen LogP contribution >= 0.6 is 0 Å². The Balaban J connectivity index is 1.57. The molecule has 0 amide bonds. The molecule has 0 aliphatic heterocycles. The molecule has 4 aliphatic rings. The SMILES string of the molecule is C[C@H](CCC(=O)O)[C@@H]1CC[C@@H]2[C@@H]3C[C@H](O)C4=C[C@H](O)CC[C@]4(C)[C@H]3CC[C@]21C. The minimum absolute atomic E-state index is 0.0376. The van der Waals surface area contributed by atoms with Gasteiger partial charge in [-0.15, -0.1) is 0 Å². The van der Waals surface area contributed by atoms with Crippen molar-refractivity contribution in [2.45, 2.75) is 90.8 Å². The number of rotatable bonds is 4. The quantitative estimate of drug-likeness (QED) is 0.622. The average molecular weight is 391 g/mol. The Kier molecular flexibility index (Phi) is 5.19. The van der Waals surface area contributed by atoms with E-state index in [0.29, 0.717) is 29.6 Å². The van der Waals surface area contributed by atoms with E-state index >= 15 is 0 Å². The van der Waals surface area contributed by atoms with Crippen molar-refractivity contribution >= 4 is 5.97 Å². The molecule has 3 fully saturated rings. The summed E-state index contributed by atoms with van der Waals surface area (Å²) < 4.78 is 0. The van der Waals surface area contributed by atoms with Gasteiger partial charge in [0.25, 0.3) is 0 Å². The lowest BCUT2D eigenvalue weighted by atomic mass is 9.46. The number of carboxylic acids is 1. The summed E-state index contributed by atoms with van der Waals surface area (Å²) in [6, 6.07) is 0. The van der Waals surface area contributed by atoms with Crippen molar-refractivity contribution in [3.8, 4) is 0 Å². The summed E-state index contributed by atoms with van der Waals surface area (Å²) in [4.78, 5) is 11.0. The number of aliphatic hydroxyl groups excluding tert-OH is 2. The maximum absolute atomic E-state index is 11.0. The van der Waals surface area contributed by atoms with Gasteiger partial charge in [0.05, 0.1) is 12.2 Å². The molecule has 4 heteroatoms. The lowest BCUT2D eigenvalue weighted by molar-refractivity contribution is -0.137. The van der Waals surface area contributed by atoms with E-state index in [-0.39, 0.29) is 17.3 Å². The van der Waals surface area contributed by atoms with E-state index in [2.05, 4.69) is 20.8 Å². The van der Waals surface area contributed by atoms with Gasteiger partial charge in [0, 0.05) is 6.42 Å². The van der Waals surface area contributed by atoms with Crippen LogP contribution in [0.25, 0.3) is 0 Å². The van der Waals surface area contributed by atoms with Crippen LogP contribution in [0.2, 0.25) is 0 Å². The molecular weight excluding hydrogens is 352 g/mol. The van der Waals surface area contributed by atoms with Gasteiger partial charge in [-0.1, -0.05) is 26.8 Å². The van der Waals surface area contributed by atoms with E-state index in [1.807, 2.05) is 6.08 Å². The summed E-state index contributed by atoms with van der Waals surface area (Å²) in [5, 5.41) is 30.2. The van der Waals surface area contributed by atoms with Crippen molar-refractivity contribution in [2.75, 3.05) is 0 Å². The maximum Gasteiger partial charge on any atom is 0.303 e. The molecule has 0 saturated heterocycles. The van der Waals surface area contributed by atoms with Crippen LogP contribution in [-0.4, -0.2) is 33.5 Å². The van der Waals surface area contributed by atoms with Gasteiger partial charge in [-0.25, -0.2) is 0 Å². The molecule has 0 aromatic carbocycles. The molecule has 0 aromatic rings. The molecule has 9 atom stereocenters. The molecule has 28 heavy (non-hydrogen) atoms. The minimum atomic E-state index is -0.683. The van der Waals surface area contributed by atoms with Crippen LogP contribution in [0.4, 0.5) is 0 Å². The van der Waals surface area contributed by atoms with Crippen LogP contribution in [0.15, 0.2) is 11.6 Å². The van der Waals surface area contributed by atoms with Crippen LogP contribution in [0.1, 0.15) is 78.6 Å². The van der Waals surface area contributed by atoms with Crippen LogP contribution < -0.4 is 0 Å². The Bertz CT molecular complexity index is 657. The second-order valence-corrected chi connectivity index (χ2v) is 10.9. The molecule has 0 aromatic heterocycles. The van der Waals surface area contributed by atoms with Gasteiger partial charge in [0.15, 0.2) is 0 Å². The molecule has 3 saturated carbocycles. The molecule has 4 rings (SSSR count). The number of fused-ring (bicyclic) bond motifs is 5. The molecule has 4 aliphatic carbocycles. The van der Waals surface area contributed by atoms with E-state index in [1.165, 1.54) is 25.7 Å². The van der Waals surface area contributed by atoms with Crippen molar-refractivity contribution < 1.29 is 20.1 Å². The van der Waals surface area contributed by atoms with Crippen LogP contribution in [0, 0.1) is 40.4 Å². The summed E-state index contributed by atoms with van der Waals surface area (Å²) >= 11 is 0. The fourth-order valence-corrected chi connectivity index (χ4v) is 8.28. The number of aliphatic hydroxyl groups is 2. The fourth-order valence-electron chi connectivity index (χ4n) is 8.28. The zero-order valence-corrected chi connectivity index (χ0v) is 17.7. The smallest absolute Gasteiger partial charge is 0.303 e. The van der Waals surface area contributed by atoms with Crippen molar-refractivity contribution in [1.82, 2.24) is 0 Å².